The van der Waals surface area contributed by atoms with Crippen LogP contribution in [0.5, 0.6) is 0 Å². The van der Waals surface area contributed by atoms with Crippen LogP contribution in [0.15, 0.2) is 0 Å². The van der Waals surface area contributed by atoms with E-state index in [-0.39, 0.29) is 0 Å². The Labute approximate surface area is 157 Å². The normalized spacial score (nSPS) is 40.1. The summed E-state index contributed by atoms with van der Waals surface area (Å²) in [5, 5.41) is 0. The highest BCUT2D eigenvalue weighted by Crippen LogP contribution is 2.46. The van der Waals surface area contributed by atoms with Gasteiger partial charge in [-0.25, -0.2) is 0 Å². The van der Waals surface area contributed by atoms with Crippen molar-refractivity contribution in [3.05, 3.63) is 0 Å². The van der Waals surface area contributed by atoms with Crippen molar-refractivity contribution in [1.82, 2.24) is 0 Å². The molecule has 0 aromatic rings. The van der Waals surface area contributed by atoms with Crippen LogP contribution < -0.4 is 0 Å². The summed E-state index contributed by atoms with van der Waals surface area (Å²) >= 11 is 0. The quantitative estimate of drug-likeness (QED) is 0.466. The molecule has 1 nitrogen and oxygen atoms in total. The second kappa shape index (κ2) is 10.3. The summed E-state index contributed by atoms with van der Waals surface area (Å²) in [4.78, 5) is 0. The minimum atomic E-state index is 0.583. The van der Waals surface area contributed by atoms with Crippen molar-refractivity contribution in [3.63, 3.8) is 0 Å². The van der Waals surface area contributed by atoms with Gasteiger partial charge in [0.25, 0.3) is 0 Å². The van der Waals surface area contributed by atoms with Gasteiger partial charge in [-0.05, 0) is 94.3 Å². The Morgan fingerprint density at radius 2 is 1.28 bits per heavy atom. The van der Waals surface area contributed by atoms with Gasteiger partial charge in [-0.3, -0.25) is 0 Å². The highest BCUT2D eigenvalue weighted by molar-refractivity contribution is 4.86. The Morgan fingerprint density at radius 3 is 1.88 bits per heavy atom. The lowest BCUT2D eigenvalue weighted by Crippen LogP contribution is -2.32. The van der Waals surface area contributed by atoms with Crippen molar-refractivity contribution < 1.29 is 4.74 Å². The summed E-state index contributed by atoms with van der Waals surface area (Å²) in [7, 11) is 0. The molecule has 2 unspecified atom stereocenters. The third-order valence-electron chi connectivity index (χ3n) is 8.08. The Kier molecular flexibility index (Phi) is 8.15. The second-order valence-electron chi connectivity index (χ2n) is 9.60. The summed E-state index contributed by atoms with van der Waals surface area (Å²) in [5.41, 5.74) is 0. The Hall–Kier alpha value is -0.0400. The molecule has 0 amide bonds. The Morgan fingerprint density at radius 1 is 0.680 bits per heavy atom. The molecule has 3 saturated carbocycles. The first-order valence-electron chi connectivity index (χ1n) is 11.9. The second-order valence-corrected chi connectivity index (χ2v) is 9.60. The monoisotopic (exact) mass is 348 g/mol. The molecule has 3 aliphatic rings. The Bertz CT molecular complexity index is 347. The van der Waals surface area contributed by atoms with Crippen LogP contribution in [-0.4, -0.2) is 12.7 Å². The van der Waals surface area contributed by atoms with Crippen LogP contribution in [-0.2, 0) is 4.74 Å². The van der Waals surface area contributed by atoms with Gasteiger partial charge in [0.15, 0.2) is 0 Å². The van der Waals surface area contributed by atoms with Crippen molar-refractivity contribution >= 4 is 0 Å². The molecular weight excluding hydrogens is 304 g/mol. The maximum absolute atomic E-state index is 5.96. The SMILES string of the molecule is CCCCC1CCC(C2CCC(C3CCCC(OCC)C3)CC2)CC1. The summed E-state index contributed by atoms with van der Waals surface area (Å²) in [6, 6.07) is 0. The van der Waals surface area contributed by atoms with Crippen LogP contribution in [0.25, 0.3) is 0 Å². The minimum absolute atomic E-state index is 0.583. The molecule has 0 bridgehead atoms. The highest BCUT2D eigenvalue weighted by atomic mass is 16.5. The maximum atomic E-state index is 5.96. The third-order valence-corrected chi connectivity index (χ3v) is 8.08. The number of hydrogen-bond acceptors (Lipinski definition) is 1. The Balaban J connectivity index is 1.37. The van der Waals surface area contributed by atoms with E-state index in [4.69, 9.17) is 4.74 Å². The average molecular weight is 349 g/mol. The van der Waals surface area contributed by atoms with E-state index in [1.165, 1.54) is 57.8 Å². The zero-order valence-electron chi connectivity index (χ0n) is 17.2. The fourth-order valence-electron chi connectivity index (χ4n) is 6.53. The molecular formula is C24H44O. The lowest BCUT2D eigenvalue weighted by molar-refractivity contribution is 0.00186. The third kappa shape index (κ3) is 5.72. The molecule has 1 heteroatoms. The highest BCUT2D eigenvalue weighted by Gasteiger charge is 2.35. The molecule has 0 aromatic heterocycles. The fraction of sp³-hybridized carbons (Fsp3) is 1.00. The first-order chi connectivity index (χ1) is 12.3. The zero-order valence-corrected chi connectivity index (χ0v) is 17.2. The molecule has 0 heterocycles. The van der Waals surface area contributed by atoms with Crippen LogP contribution in [0.3, 0.4) is 0 Å². The van der Waals surface area contributed by atoms with Crippen molar-refractivity contribution in [1.29, 1.82) is 0 Å². The predicted octanol–water partition coefficient (Wildman–Crippen LogP) is 7.38. The molecule has 2 atom stereocenters. The average Bonchev–Trinajstić information content (AvgIpc) is 2.67. The minimum Gasteiger partial charge on any atom is -0.378 e. The first-order valence-corrected chi connectivity index (χ1v) is 11.9. The van der Waals surface area contributed by atoms with E-state index in [0.29, 0.717) is 6.10 Å². The molecule has 0 spiro atoms. The lowest BCUT2D eigenvalue weighted by Gasteiger charge is -2.41. The first kappa shape index (κ1) is 19.7. The molecule has 0 radical (unpaired) electrons. The van der Waals surface area contributed by atoms with Gasteiger partial charge >= 0.3 is 0 Å². The summed E-state index contributed by atoms with van der Waals surface area (Å²) in [6.45, 7) is 5.41. The van der Waals surface area contributed by atoms with Crippen LogP contribution in [0.2, 0.25) is 0 Å². The number of ether oxygens (including phenoxy) is 1. The van der Waals surface area contributed by atoms with Gasteiger partial charge < -0.3 is 4.74 Å². The molecule has 146 valence electrons. The van der Waals surface area contributed by atoms with Crippen molar-refractivity contribution in [2.24, 2.45) is 29.6 Å². The van der Waals surface area contributed by atoms with Crippen molar-refractivity contribution in [3.8, 4) is 0 Å². The summed E-state index contributed by atoms with van der Waals surface area (Å²) in [6.07, 6.45) is 22.9. The van der Waals surface area contributed by atoms with E-state index < -0.39 is 0 Å². The maximum Gasteiger partial charge on any atom is 0.0577 e. The molecule has 0 N–H and O–H groups in total. The van der Waals surface area contributed by atoms with Gasteiger partial charge in [0, 0.05) is 6.61 Å². The molecule has 3 fully saturated rings. The van der Waals surface area contributed by atoms with Crippen molar-refractivity contribution in [2.75, 3.05) is 6.61 Å². The largest absolute Gasteiger partial charge is 0.378 e. The number of hydrogen-bond donors (Lipinski definition) is 0. The predicted molar refractivity (Wildman–Crippen MR) is 108 cm³/mol. The van der Waals surface area contributed by atoms with Gasteiger partial charge in [-0.2, -0.15) is 0 Å². The smallest absolute Gasteiger partial charge is 0.0577 e. The van der Waals surface area contributed by atoms with E-state index in [0.717, 1.165) is 36.2 Å². The molecule has 25 heavy (non-hydrogen) atoms. The standard InChI is InChI=1S/C24H44O/c1-3-5-7-19-10-12-20(13-11-19)21-14-16-22(17-15-21)23-8-6-9-24(18-23)25-4-2/h19-24H,3-18H2,1-2H3. The van der Waals surface area contributed by atoms with Gasteiger partial charge in [-0.15, -0.1) is 0 Å². The van der Waals surface area contributed by atoms with Crippen LogP contribution >= 0.6 is 0 Å². The van der Waals surface area contributed by atoms with E-state index >= 15 is 0 Å². The van der Waals surface area contributed by atoms with E-state index in [2.05, 4.69) is 13.8 Å². The zero-order chi connectivity index (χ0) is 17.5. The van der Waals surface area contributed by atoms with E-state index in [9.17, 15) is 0 Å². The summed E-state index contributed by atoms with van der Waals surface area (Å²) in [5.74, 6) is 5.25. The van der Waals surface area contributed by atoms with Crippen LogP contribution in [0, 0.1) is 29.6 Å². The number of rotatable bonds is 7. The topological polar surface area (TPSA) is 9.23 Å². The van der Waals surface area contributed by atoms with Gasteiger partial charge in [0.1, 0.15) is 0 Å². The van der Waals surface area contributed by atoms with Gasteiger partial charge in [-0.1, -0.05) is 45.4 Å². The molecule has 0 aliphatic heterocycles. The van der Waals surface area contributed by atoms with E-state index in [1.54, 1.807) is 38.5 Å². The molecule has 3 rings (SSSR count). The lowest BCUT2D eigenvalue weighted by atomic mass is 9.65. The van der Waals surface area contributed by atoms with Crippen LogP contribution in [0.4, 0.5) is 0 Å². The molecule has 3 aliphatic carbocycles. The number of unbranched alkanes of at least 4 members (excludes halogenated alkanes) is 1. The van der Waals surface area contributed by atoms with Crippen LogP contribution in [0.1, 0.15) is 110 Å². The van der Waals surface area contributed by atoms with E-state index in [1.807, 2.05) is 0 Å². The van der Waals surface area contributed by atoms with Crippen molar-refractivity contribution in [2.45, 2.75) is 116 Å². The van der Waals surface area contributed by atoms with Gasteiger partial charge in [0.2, 0.25) is 0 Å². The molecule has 0 saturated heterocycles. The van der Waals surface area contributed by atoms with Gasteiger partial charge in [0.05, 0.1) is 6.10 Å². The molecule has 0 aromatic carbocycles. The summed E-state index contributed by atoms with van der Waals surface area (Å²) < 4.78 is 5.96. The fourth-order valence-corrected chi connectivity index (χ4v) is 6.53.